The Morgan fingerprint density at radius 2 is 2.07 bits per heavy atom. The second kappa shape index (κ2) is 9.14. The molecule has 1 aliphatic rings. The van der Waals surface area contributed by atoms with Crippen LogP contribution in [0.4, 0.5) is 0 Å². The molecule has 0 radical (unpaired) electrons. The number of nitrogens with one attached hydrogen (secondary N) is 1. The average molecular weight is 423 g/mol. The minimum atomic E-state index is -3.45. The number of hydrogen-bond acceptors (Lipinski definition) is 7. The molecule has 1 fully saturated rings. The van der Waals surface area contributed by atoms with E-state index in [0.717, 1.165) is 0 Å². The molecular formula is C18H25N5O5S. The molecular weight excluding hydrogens is 398 g/mol. The second-order valence-electron chi connectivity index (χ2n) is 6.53. The molecule has 2 heterocycles. The Morgan fingerprint density at radius 3 is 2.69 bits per heavy atom. The van der Waals surface area contributed by atoms with Gasteiger partial charge in [0.05, 0.1) is 12.8 Å². The molecule has 158 valence electrons. The van der Waals surface area contributed by atoms with Gasteiger partial charge in [-0.25, -0.2) is 8.42 Å². The predicted octanol–water partition coefficient (Wildman–Crippen LogP) is 0.612. The highest BCUT2D eigenvalue weighted by molar-refractivity contribution is 7.88. The summed E-state index contributed by atoms with van der Waals surface area (Å²) in [7, 11) is -0.218. The molecule has 0 saturated carbocycles. The molecule has 11 heteroatoms. The van der Waals surface area contributed by atoms with Crippen LogP contribution < -0.4 is 10.1 Å². The zero-order valence-electron chi connectivity index (χ0n) is 16.4. The third-order valence-electron chi connectivity index (χ3n) is 4.69. The number of phenolic OH excluding ortho intramolecular Hbond substituents is 1. The van der Waals surface area contributed by atoms with E-state index in [9.17, 15) is 13.5 Å². The number of aromatic hydroxyl groups is 1. The molecule has 3 rings (SSSR count). The summed E-state index contributed by atoms with van der Waals surface area (Å²) >= 11 is 0. The summed E-state index contributed by atoms with van der Waals surface area (Å²) in [5.74, 6) is 1.28. The Morgan fingerprint density at radius 1 is 1.31 bits per heavy atom. The van der Waals surface area contributed by atoms with Crippen LogP contribution in [-0.4, -0.2) is 74.2 Å². The third kappa shape index (κ3) is 5.18. The number of rotatable bonds is 6. The molecule has 0 bridgehead atoms. The lowest BCUT2D eigenvalue weighted by Crippen LogP contribution is -2.53. The topological polar surface area (TPSA) is 120 Å². The number of guanidine groups is 1. The van der Waals surface area contributed by atoms with Crippen LogP contribution in [0.2, 0.25) is 0 Å². The van der Waals surface area contributed by atoms with Gasteiger partial charge in [-0.15, -0.1) is 0 Å². The Balaban J connectivity index is 1.56. The number of hydrogen-bond donors (Lipinski definition) is 2. The van der Waals surface area contributed by atoms with Gasteiger partial charge in [0.15, 0.2) is 5.96 Å². The first-order valence-corrected chi connectivity index (χ1v) is 10.7. The molecule has 1 saturated heterocycles. The van der Waals surface area contributed by atoms with Gasteiger partial charge >= 0.3 is 0 Å². The number of methoxy groups -OCH3 is 1. The highest BCUT2D eigenvalue weighted by Crippen LogP contribution is 2.22. The summed E-state index contributed by atoms with van der Waals surface area (Å²) in [4.78, 5) is 6.26. The van der Waals surface area contributed by atoms with Crippen LogP contribution in [0.1, 0.15) is 11.3 Å². The maximum Gasteiger partial charge on any atom is 0.220 e. The maximum absolute atomic E-state index is 12.5. The number of benzene rings is 1. The van der Waals surface area contributed by atoms with Crippen LogP contribution >= 0.6 is 0 Å². The van der Waals surface area contributed by atoms with Crippen LogP contribution in [-0.2, 0) is 22.3 Å². The van der Waals surface area contributed by atoms with Crippen molar-refractivity contribution in [3.63, 3.8) is 0 Å². The van der Waals surface area contributed by atoms with Gasteiger partial charge in [-0.1, -0.05) is 5.16 Å². The van der Waals surface area contributed by atoms with Crippen molar-refractivity contribution in [3.05, 3.63) is 41.8 Å². The molecule has 1 aromatic carbocycles. The lowest BCUT2D eigenvalue weighted by atomic mass is 10.2. The SMILES string of the molecule is CN=C(NCc1cc(OC)ccc1O)N1CCN(S(=O)(=O)Cc2ccon2)CC1. The lowest BCUT2D eigenvalue weighted by molar-refractivity contribution is 0.259. The van der Waals surface area contributed by atoms with Crippen molar-refractivity contribution in [1.29, 1.82) is 0 Å². The summed E-state index contributed by atoms with van der Waals surface area (Å²) in [6.07, 6.45) is 1.36. The summed E-state index contributed by atoms with van der Waals surface area (Å²) in [6, 6.07) is 6.57. The largest absolute Gasteiger partial charge is 0.508 e. The normalized spacial score (nSPS) is 16.1. The van der Waals surface area contributed by atoms with E-state index in [1.54, 1.807) is 38.4 Å². The van der Waals surface area contributed by atoms with Crippen LogP contribution in [0.5, 0.6) is 11.5 Å². The average Bonchev–Trinajstić information content (AvgIpc) is 3.22. The quantitative estimate of drug-likeness (QED) is 0.512. The van der Waals surface area contributed by atoms with E-state index in [4.69, 9.17) is 9.26 Å². The van der Waals surface area contributed by atoms with E-state index in [-0.39, 0.29) is 11.5 Å². The van der Waals surface area contributed by atoms with Crippen molar-refractivity contribution in [2.45, 2.75) is 12.3 Å². The summed E-state index contributed by atoms with van der Waals surface area (Å²) in [6.45, 7) is 2.07. The molecule has 0 aliphatic carbocycles. The van der Waals surface area contributed by atoms with Gasteiger partial charge < -0.3 is 24.6 Å². The highest BCUT2D eigenvalue weighted by Gasteiger charge is 2.29. The van der Waals surface area contributed by atoms with Gasteiger partial charge in [0, 0.05) is 51.4 Å². The number of ether oxygens (including phenoxy) is 1. The molecule has 29 heavy (non-hydrogen) atoms. The van der Waals surface area contributed by atoms with Crippen molar-refractivity contribution in [2.75, 3.05) is 40.3 Å². The second-order valence-corrected chi connectivity index (χ2v) is 8.50. The number of piperazine rings is 1. The first-order chi connectivity index (χ1) is 13.9. The van der Waals surface area contributed by atoms with E-state index in [1.807, 2.05) is 4.90 Å². The Labute approximate surface area is 169 Å². The minimum absolute atomic E-state index is 0.164. The molecule has 2 aromatic rings. The Bertz CT molecular complexity index is 938. The number of phenols is 1. The van der Waals surface area contributed by atoms with Crippen molar-refractivity contribution in [2.24, 2.45) is 4.99 Å². The fraction of sp³-hybridized carbons (Fsp3) is 0.444. The van der Waals surface area contributed by atoms with Crippen LogP contribution in [0, 0.1) is 0 Å². The number of sulfonamides is 1. The summed E-state index contributed by atoms with van der Waals surface area (Å²) in [5, 5.41) is 16.9. The van der Waals surface area contributed by atoms with Crippen LogP contribution in [0.3, 0.4) is 0 Å². The van der Waals surface area contributed by atoms with Crippen molar-refractivity contribution >= 4 is 16.0 Å². The fourth-order valence-corrected chi connectivity index (χ4v) is 4.53. The van der Waals surface area contributed by atoms with Crippen molar-refractivity contribution in [3.8, 4) is 11.5 Å². The van der Waals surface area contributed by atoms with Crippen molar-refractivity contribution in [1.82, 2.24) is 19.7 Å². The van der Waals surface area contributed by atoms with Crippen LogP contribution in [0.25, 0.3) is 0 Å². The van der Waals surface area contributed by atoms with E-state index < -0.39 is 10.0 Å². The highest BCUT2D eigenvalue weighted by atomic mass is 32.2. The zero-order chi connectivity index (χ0) is 20.9. The first kappa shape index (κ1) is 20.9. The molecule has 0 amide bonds. The van der Waals surface area contributed by atoms with Gasteiger partial charge in [0.1, 0.15) is 23.5 Å². The fourth-order valence-electron chi connectivity index (χ4n) is 3.11. The monoisotopic (exact) mass is 423 g/mol. The molecule has 0 unspecified atom stereocenters. The predicted molar refractivity (Wildman–Crippen MR) is 107 cm³/mol. The third-order valence-corrected chi connectivity index (χ3v) is 6.50. The molecule has 10 nitrogen and oxygen atoms in total. The van der Waals surface area contributed by atoms with E-state index in [0.29, 0.717) is 55.7 Å². The molecule has 0 atom stereocenters. The first-order valence-electron chi connectivity index (χ1n) is 9.11. The van der Waals surface area contributed by atoms with Gasteiger partial charge in [-0.3, -0.25) is 4.99 Å². The van der Waals surface area contributed by atoms with E-state index in [2.05, 4.69) is 15.5 Å². The van der Waals surface area contributed by atoms with Gasteiger partial charge in [0.2, 0.25) is 10.0 Å². The van der Waals surface area contributed by atoms with Gasteiger partial charge in [0.25, 0.3) is 0 Å². The van der Waals surface area contributed by atoms with E-state index in [1.165, 1.54) is 10.6 Å². The smallest absolute Gasteiger partial charge is 0.220 e. The Kier molecular flexibility index (Phi) is 6.60. The summed E-state index contributed by atoms with van der Waals surface area (Å²) < 4.78 is 36.4. The molecule has 1 aromatic heterocycles. The minimum Gasteiger partial charge on any atom is -0.508 e. The molecule has 1 aliphatic heterocycles. The molecule has 0 spiro atoms. The van der Waals surface area contributed by atoms with E-state index >= 15 is 0 Å². The van der Waals surface area contributed by atoms with Gasteiger partial charge in [-0.2, -0.15) is 4.31 Å². The lowest BCUT2D eigenvalue weighted by Gasteiger charge is -2.35. The van der Waals surface area contributed by atoms with Crippen LogP contribution in [0.15, 0.2) is 40.0 Å². The van der Waals surface area contributed by atoms with Crippen molar-refractivity contribution < 1.29 is 22.8 Å². The number of aliphatic imine (C=N–C) groups is 1. The Hall–Kier alpha value is -2.79. The molecule has 2 N–H and O–H groups in total. The zero-order valence-corrected chi connectivity index (χ0v) is 17.2. The van der Waals surface area contributed by atoms with Gasteiger partial charge in [-0.05, 0) is 18.2 Å². The summed E-state index contributed by atoms with van der Waals surface area (Å²) in [5.41, 5.74) is 1.07. The standard InChI is InChI=1S/C18H25N5O5S/c1-19-18(20-12-14-11-16(27-2)3-4-17(14)24)22-6-8-23(9-7-22)29(25,26)13-15-5-10-28-21-15/h3-5,10-11,24H,6-9,12-13H2,1-2H3,(H,19,20). The number of aromatic nitrogens is 1. The number of nitrogens with zero attached hydrogens (tertiary/aromatic N) is 4. The maximum atomic E-state index is 12.5.